The maximum absolute atomic E-state index is 11.2. The molecule has 0 aromatic heterocycles. The standard InChI is InChI=1S/C12H17NO/c1-8-6-7-12(10(3)9(8)2)13(5)11(4)14/h6-7H,1-5H3. The zero-order chi connectivity index (χ0) is 10.9. The molecule has 0 spiro atoms. The van der Waals surface area contributed by atoms with Crippen LogP contribution in [0.5, 0.6) is 0 Å². The van der Waals surface area contributed by atoms with Gasteiger partial charge in [0, 0.05) is 19.7 Å². The minimum Gasteiger partial charge on any atom is -0.315 e. The lowest BCUT2D eigenvalue weighted by atomic mass is 10.0. The molecule has 0 fully saturated rings. The van der Waals surface area contributed by atoms with E-state index < -0.39 is 0 Å². The van der Waals surface area contributed by atoms with Crippen molar-refractivity contribution in [2.24, 2.45) is 0 Å². The Morgan fingerprint density at radius 2 is 1.71 bits per heavy atom. The zero-order valence-electron chi connectivity index (χ0n) is 9.51. The fourth-order valence-electron chi connectivity index (χ4n) is 1.47. The zero-order valence-corrected chi connectivity index (χ0v) is 9.51. The van der Waals surface area contributed by atoms with Crippen molar-refractivity contribution in [2.45, 2.75) is 27.7 Å². The first kappa shape index (κ1) is 10.8. The first-order chi connectivity index (χ1) is 6.45. The number of rotatable bonds is 1. The molecule has 0 atom stereocenters. The van der Waals surface area contributed by atoms with E-state index in [-0.39, 0.29) is 5.91 Å². The monoisotopic (exact) mass is 191 g/mol. The fraction of sp³-hybridized carbons (Fsp3) is 0.417. The Morgan fingerprint density at radius 1 is 1.14 bits per heavy atom. The molecule has 0 N–H and O–H groups in total. The SMILES string of the molecule is CC(=O)N(C)c1ccc(C)c(C)c1C. The van der Waals surface area contributed by atoms with Crippen LogP contribution in [0.3, 0.4) is 0 Å². The summed E-state index contributed by atoms with van der Waals surface area (Å²) in [7, 11) is 1.80. The molecule has 76 valence electrons. The number of carbonyl (C=O) groups excluding carboxylic acids is 1. The van der Waals surface area contributed by atoms with Gasteiger partial charge < -0.3 is 4.90 Å². The number of aryl methyl sites for hydroxylation is 1. The van der Waals surface area contributed by atoms with E-state index in [2.05, 4.69) is 26.8 Å². The number of carbonyl (C=O) groups is 1. The average Bonchev–Trinajstić information content (AvgIpc) is 2.13. The van der Waals surface area contributed by atoms with Gasteiger partial charge in [-0.1, -0.05) is 6.07 Å². The molecule has 1 rings (SSSR count). The molecular formula is C12H17NO. The van der Waals surface area contributed by atoms with Crippen LogP contribution in [-0.4, -0.2) is 13.0 Å². The van der Waals surface area contributed by atoms with Crippen molar-refractivity contribution in [3.8, 4) is 0 Å². The van der Waals surface area contributed by atoms with Crippen LogP contribution in [-0.2, 0) is 4.79 Å². The van der Waals surface area contributed by atoms with E-state index in [4.69, 9.17) is 0 Å². The second-order valence-electron chi connectivity index (χ2n) is 3.73. The smallest absolute Gasteiger partial charge is 0.223 e. The van der Waals surface area contributed by atoms with Crippen LogP contribution in [0.4, 0.5) is 5.69 Å². The van der Waals surface area contributed by atoms with Gasteiger partial charge in [-0.3, -0.25) is 4.79 Å². The van der Waals surface area contributed by atoms with Crippen LogP contribution >= 0.6 is 0 Å². The molecule has 14 heavy (non-hydrogen) atoms. The van der Waals surface area contributed by atoms with Gasteiger partial charge in [0.15, 0.2) is 0 Å². The second-order valence-corrected chi connectivity index (χ2v) is 3.73. The summed E-state index contributed by atoms with van der Waals surface area (Å²) in [5.74, 6) is 0.0661. The normalized spacial score (nSPS) is 10.1. The van der Waals surface area contributed by atoms with Crippen LogP contribution in [0, 0.1) is 20.8 Å². The van der Waals surface area contributed by atoms with E-state index in [1.165, 1.54) is 16.7 Å². The van der Waals surface area contributed by atoms with Crippen LogP contribution < -0.4 is 4.90 Å². The summed E-state index contributed by atoms with van der Waals surface area (Å²) in [5, 5.41) is 0. The van der Waals surface area contributed by atoms with E-state index in [9.17, 15) is 4.79 Å². The van der Waals surface area contributed by atoms with E-state index in [1.807, 2.05) is 6.07 Å². The molecule has 1 amide bonds. The number of benzene rings is 1. The number of nitrogens with zero attached hydrogens (tertiary/aromatic N) is 1. The van der Waals surface area contributed by atoms with Gasteiger partial charge in [0.2, 0.25) is 5.91 Å². The Balaban J connectivity index is 3.24. The van der Waals surface area contributed by atoms with E-state index in [1.54, 1.807) is 18.9 Å². The van der Waals surface area contributed by atoms with E-state index in [0.29, 0.717) is 0 Å². The predicted molar refractivity (Wildman–Crippen MR) is 59.7 cm³/mol. The lowest BCUT2D eigenvalue weighted by Crippen LogP contribution is -2.23. The summed E-state index contributed by atoms with van der Waals surface area (Å²) < 4.78 is 0. The molecule has 0 heterocycles. The third-order valence-electron chi connectivity index (χ3n) is 2.86. The van der Waals surface area contributed by atoms with Crippen LogP contribution in [0.15, 0.2) is 12.1 Å². The molecule has 0 aliphatic heterocycles. The summed E-state index contributed by atoms with van der Waals surface area (Å²) in [6.07, 6.45) is 0. The van der Waals surface area contributed by atoms with Gasteiger partial charge in [-0.05, 0) is 43.5 Å². The quantitative estimate of drug-likeness (QED) is 0.668. The van der Waals surface area contributed by atoms with Gasteiger partial charge in [-0.15, -0.1) is 0 Å². The summed E-state index contributed by atoms with van der Waals surface area (Å²) in [4.78, 5) is 12.9. The Hall–Kier alpha value is -1.31. The summed E-state index contributed by atoms with van der Waals surface area (Å²) in [5.41, 5.74) is 4.71. The predicted octanol–water partition coefficient (Wildman–Crippen LogP) is 2.59. The molecule has 0 radical (unpaired) electrons. The van der Waals surface area contributed by atoms with Crippen molar-refractivity contribution in [1.29, 1.82) is 0 Å². The highest BCUT2D eigenvalue weighted by molar-refractivity contribution is 5.91. The third-order valence-corrected chi connectivity index (χ3v) is 2.86. The molecule has 1 aromatic rings. The largest absolute Gasteiger partial charge is 0.315 e. The molecule has 0 unspecified atom stereocenters. The van der Waals surface area contributed by atoms with Crippen LogP contribution in [0.25, 0.3) is 0 Å². The van der Waals surface area contributed by atoms with Crippen LogP contribution in [0.2, 0.25) is 0 Å². The summed E-state index contributed by atoms with van der Waals surface area (Å²) >= 11 is 0. The van der Waals surface area contributed by atoms with Gasteiger partial charge in [0.1, 0.15) is 0 Å². The van der Waals surface area contributed by atoms with Gasteiger partial charge >= 0.3 is 0 Å². The topological polar surface area (TPSA) is 20.3 Å². The molecule has 1 aromatic carbocycles. The molecule has 2 nitrogen and oxygen atoms in total. The Labute approximate surface area is 85.5 Å². The van der Waals surface area contributed by atoms with Crippen molar-refractivity contribution in [1.82, 2.24) is 0 Å². The lowest BCUT2D eigenvalue weighted by molar-refractivity contribution is -0.116. The number of hydrogen-bond acceptors (Lipinski definition) is 1. The van der Waals surface area contributed by atoms with Crippen molar-refractivity contribution in [3.63, 3.8) is 0 Å². The van der Waals surface area contributed by atoms with Gasteiger partial charge in [-0.25, -0.2) is 0 Å². The highest BCUT2D eigenvalue weighted by Crippen LogP contribution is 2.24. The Morgan fingerprint density at radius 3 is 2.21 bits per heavy atom. The molecule has 0 bridgehead atoms. The maximum atomic E-state index is 11.2. The highest BCUT2D eigenvalue weighted by atomic mass is 16.2. The first-order valence-corrected chi connectivity index (χ1v) is 4.76. The number of anilines is 1. The molecule has 0 saturated carbocycles. The van der Waals surface area contributed by atoms with Gasteiger partial charge in [0.25, 0.3) is 0 Å². The molecule has 0 aliphatic carbocycles. The van der Waals surface area contributed by atoms with Crippen LogP contribution in [0.1, 0.15) is 23.6 Å². The fourth-order valence-corrected chi connectivity index (χ4v) is 1.47. The average molecular weight is 191 g/mol. The van der Waals surface area contributed by atoms with Gasteiger partial charge in [-0.2, -0.15) is 0 Å². The van der Waals surface area contributed by atoms with Crippen molar-refractivity contribution < 1.29 is 4.79 Å². The first-order valence-electron chi connectivity index (χ1n) is 4.76. The Kier molecular flexibility index (Phi) is 2.94. The molecular weight excluding hydrogens is 174 g/mol. The van der Waals surface area contributed by atoms with Crippen molar-refractivity contribution in [3.05, 3.63) is 28.8 Å². The molecule has 0 saturated heterocycles. The van der Waals surface area contributed by atoms with E-state index >= 15 is 0 Å². The molecule has 2 heteroatoms. The number of amides is 1. The summed E-state index contributed by atoms with van der Waals surface area (Å²) in [6, 6.07) is 4.05. The minimum absolute atomic E-state index is 0.0661. The minimum atomic E-state index is 0.0661. The van der Waals surface area contributed by atoms with Crippen molar-refractivity contribution >= 4 is 11.6 Å². The summed E-state index contributed by atoms with van der Waals surface area (Å²) in [6.45, 7) is 7.80. The van der Waals surface area contributed by atoms with E-state index in [0.717, 1.165) is 5.69 Å². The lowest BCUT2D eigenvalue weighted by Gasteiger charge is -2.19. The Bertz CT molecular complexity index is 369. The van der Waals surface area contributed by atoms with Gasteiger partial charge in [0.05, 0.1) is 0 Å². The second kappa shape index (κ2) is 3.82. The molecule has 0 aliphatic rings. The van der Waals surface area contributed by atoms with Crippen molar-refractivity contribution in [2.75, 3.05) is 11.9 Å². The number of hydrogen-bond donors (Lipinski definition) is 0. The highest BCUT2D eigenvalue weighted by Gasteiger charge is 2.10. The maximum Gasteiger partial charge on any atom is 0.223 e. The third kappa shape index (κ3) is 1.79.